The van der Waals surface area contributed by atoms with Gasteiger partial charge in [0, 0.05) is 31.7 Å². The molecule has 1 fully saturated rings. The highest BCUT2D eigenvalue weighted by molar-refractivity contribution is 5.95. The zero-order valence-corrected chi connectivity index (χ0v) is 16.9. The predicted octanol–water partition coefficient (Wildman–Crippen LogP) is 3.54. The number of anilines is 2. The molecule has 0 aliphatic carbocycles. The van der Waals surface area contributed by atoms with E-state index >= 15 is 0 Å². The van der Waals surface area contributed by atoms with E-state index in [0.29, 0.717) is 43.0 Å². The number of alkyl halides is 3. The van der Waals surface area contributed by atoms with E-state index in [9.17, 15) is 28.0 Å². The van der Waals surface area contributed by atoms with Gasteiger partial charge in [-0.05, 0) is 37.3 Å². The van der Waals surface area contributed by atoms with Crippen molar-refractivity contribution in [3.63, 3.8) is 0 Å². The van der Waals surface area contributed by atoms with Crippen molar-refractivity contribution in [3.05, 3.63) is 59.2 Å². The SMILES string of the molecule is CC(=O)c1ccc(C#N)c(N2CCN(CC(=O)Nc3ccccc3C(F)(F)F)CC2)c1. The van der Waals surface area contributed by atoms with Gasteiger partial charge in [0.25, 0.3) is 0 Å². The number of hydrogen-bond acceptors (Lipinski definition) is 5. The van der Waals surface area contributed by atoms with Crippen LogP contribution in [0, 0.1) is 11.3 Å². The third kappa shape index (κ3) is 5.41. The molecule has 3 rings (SSSR count). The molecule has 1 heterocycles. The molecule has 31 heavy (non-hydrogen) atoms. The molecule has 0 unspecified atom stereocenters. The number of nitriles is 1. The van der Waals surface area contributed by atoms with E-state index in [1.807, 2.05) is 9.80 Å². The fourth-order valence-corrected chi connectivity index (χ4v) is 3.49. The Kier molecular flexibility index (Phi) is 6.61. The van der Waals surface area contributed by atoms with Crippen molar-refractivity contribution in [1.29, 1.82) is 5.26 Å². The Morgan fingerprint density at radius 1 is 1.10 bits per heavy atom. The summed E-state index contributed by atoms with van der Waals surface area (Å²) in [4.78, 5) is 27.8. The van der Waals surface area contributed by atoms with Gasteiger partial charge in [0.2, 0.25) is 5.91 Å². The first-order chi connectivity index (χ1) is 14.7. The molecule has 1 N–H and O–H groups in total. The fraction of sp³-hybridized carbons (Fsp3) is 0.318. The predicted molar refractivity (Wildman–Crippen MR) is 110 cm³/mol. The summed E-state index contributed by atoms with van der Waals surface area (Å²) in [5.41, 5.74) is 0.485. The Morgan fingerprint density at radius 3 is 2.39 bits per heavy atom. The summed E-state index contributed by atoms with van der Waals surface area (Å²) in [6, 6.07) is 11.9. The van der Waals surface area contributed by atoms with Crippen molar-refractivity contribution in [1.82, 2.24) is 4.90 Å². The summed E-state index contributed by atoms with van der Waals surface area (Å²) in [5.74, 6) is -0.623. The first-order valence-corrected chi connectivity index (χ1v) is 9.67. The van der Waals surface area contributed by atoms with Crippen LogP contribution in [0.4, 0.5) is 24.5 Å². The molecule has 1 aliphatic rings. The molecule has 6 nitrogen and oxygen atoms in total. The summed E-state index contributed by atoms with van der Waals surface area (Å²) in [5, 5.41) is 11.7. The number of carbonyl (C=O) groups excluding carboxylic acids is 2. The minimum absolute atomic E-state index is 0.0430. The molecule has 0 spiro atoms. The Balaban J connectivity index is 1.62. The van der Waals surface area contributed by atoms with Crippen LogP contribution in [0.5, 0.6) is 0 Å². The second-order valence-electron chi connectivity index (χ2n) is 7.25. The molecule has 1 amide bonds. The third-order valence-corrected chi connectivity index (χ3v) is 5.11. The summed E-state index contributed by atoms with van der Waals surface area (Å²) < 4.78 is 39.3. The van der Waals surface area contributed by atoms with Crippen molar-refractivity contribution in [3.8, 4) is 6.07 Å². The van der Waals surface area contributed by atoms with Crippen molar-refractivity contribution in [2.24, 2.45) is 0 Å². The standard InChI is InChI=1S/C22H21F3N4O2/c1-15(30)16-6-7-17(13-26)20(12-16)29-10-8-28(9-11-29)14-21(31)27-19-5-3-2-4-18(19)22(23,24)25/h2-7,12H,8-11,14H2,1H3,(H,27,31). The topological polar surface area (TPSA) is 76.4 Å². The van der Waals surface area contributed by atoms with E-state index in [1.165, 1.54) is 25.1 Å². The first-order valence-electron chi connectivity index (χ1n) is 9.67. The number of amides is 1. The summed E-state index contributed by atoms with van der Waals surface area (Å²) in [6.45, 7) is 3.43. The maximum atomic E-state index is 13.1. The number of carbonyl (C=O) groups is 2. The lowest BCUT2D eigenvalue weighted by Crippen LogP contribution is -2.49. The molecule has 2 aromatic carbocycles. The van der Waals surface area contributed by atoms with Crippen LogP contribution in [0.15, 0.2) is 42.5 Å². The van der Waals surface area contributed by atoms with E-state index in [-0.39, 0.29) is 18.0 Å². The average molecular weight is 430 g/mol. The molecule has 0 bridgehead atoms. The number of rotatable bonds is 5. The van der Waals surface area contributed by atoms with Crippen molar-refractivity contribution in [2.45, 2.75) is 13.1 Å². The Labute approximate surface area is 177 Å². The summed E-state index contributed by atoms with van der Waals surface area (Å²) in [7, 11) is 0. The molecule has 0 radical (unpaired) electrons. The van der Waals surface area contributed by atoms with Crippen LogP contribution >= 0.6 is 0 Å². The fourth-order valence-electron chi connectivity index (χ4n) is 3.49. The lowest BCUT2D eigenvalue weighted by Gasteiger charge is -2.36. The molecule has 9 heteroatoms. The van der Waals surface area contributed by atoms with Gasteiger partial charge in [-0.1, -0.05) is 12.1 Å². The smallest absolute Gasteiger partial charge is 0.368 e. The quantitative estimate of drug-likeness (QED) is 0.735. The van der Waals surface area contributed by atoms with Gasteiger partial charge in [-0.3, -0.25) is 14.5 Å². The summed E-state index contributed by atoms with van der Waals surface area (Å²) >= 11 is 0. The molecular weight excluding hydrogens is 409 g/mol. The van der Waals surface area contributed by atoms with Gasteiger partial charge in [-0.15, -0.1) is 0 Å². The monoisotopic (exact) mass is 430 g/mol. The van der Waals surface area contributed by atoms with Gasteiger partial charge in [-0.2, -0.15) is 18.4 Å². The highest BCUT2D eigenvalue weighted by atomic mass is 19.4. The normalized spacial score (nSPS) is 14.7. The Hall–Kier alpha value is -3.38. The van der Waals surface area contributed by atoms with Gasteiger partial charge >= 0.3 is 6.18 Å². The molecule has 162 valence electrons. The number of nitrogens with zero attached hydrogens (tertiary/aromatic N) is 3. The maximum Gasteiger partial charge on any atom is 0.418 e. The van der Waals surface area contributed by atoms with E-state index < -0.39 is 17.6 Å². The van der Waals surface area contributed by atoms with Crippen LogP contribution in [0.25, 0.3) is 0 Å². The molecule has 1 saturated heterocycles. The lowest BCUT2D eigenvalue weighted by atomic mass is 10.1. The van der Waals surface area contributed by atoms with Crippen LogP contribution in [0.3, 0.4) is 0 Å². The van der Waals surface area contributed by atoms with Gasteiger partial charge in [0.15, 0.2) is 5.78 Å². The van der Waals surface area contributed by atoms with E-state index in [1.54, 1.807) is 18.2 Å². The number of benzene rings is 2. The van der Waals surface area contributed by atoms with Crippen LogP contribution in [0.2, 0.25) is 0 Å². The number of piperazine rings is 1. The van der Waals surface area contributed by atoms with Gasteiger partial charge in [0.1, 0.15) is 6.07 Å². The molecule has 0 aromatic heterocycles. The highest BCUT2D eigenvalue weighted by Gasteiger charge is 2.33. The maximum absolute atomic E-state index is 13.1. The number of para-hydroxylation sites is 1. The van der Waals surface area contributed by atoms with Crippen LogP contribution in [-0.4, -0.2) is 49.3 Å². The van der Waals surface area contributed by atoms with Crippen molar-refractivity contribution >= 4 is 23.1 Å². The van der Waals surface area contributed by atoms with E-state index in [4.69, 9.17) is 0 Å². The number of nitrogens with one attached hydrogen (secondary N) is 1. The zero-order chi connectivity index (χ0) is 22.6. The number of halogens is 3. The van der Waals surface area contributed by atoms with Crippen LogP contribution < -0.4 is 10.2 Å². The first kappa shape index (κ1) is 22.3. The zero-order valence-electron chi connectivity index (χ0n) is 16.9. The van der Waals surface area contributed by atoms with Crippen molar-refractivity contribution in [2.75, 3.05) is 42.9 Å². The largest absolute Gasteiger partial charge is 0.418 e. The number of ketones is 1. The highest BCUT2D eigenvalue weighted by Crippen LogP contribution is 2.34. The Bertz CT molecular complexity index is 1020. The molecule has 1 aliphatic heterocycles. The number of Topliss-reactive ketones (excluding diaryl/α,β-unsaturated/α-hetero) is 1. The lowest BCUT2D eigenvalue weighted by molar-refractivity contribution is -0.137. The number of hydrogen-bond donors (Lipinski definition) is 1. The van der Waals surface area contributed by atoms with Gasteiger partial charge in [0.05, 0.1) is 29.0 Å². The molecule has 0 saturated carbocycles. The van der Waals surface area contributed by atoms with E-state index in [0.717, 1.165) is 6.07 Å². The van der Waals surface area contributed by atoms with Crippen molar-refractivity contribution < 1.29 is 22.8 Å². The van der Waals surface area contributed by atoms with Gasteiger partial charge < -0.3 is 10.2 Å². The second-order valence-corrected chi connectivity index (χ2v) is 7.25. The Morgan fingerprint density at radius 2 is 1.77 bits per heavy atom. The van der Waals surface area contributed by atoms with Crippen LogP contribution in [0.1, 0.15) is 28.4 Å². The van der Waals surface area contributed by atoms with E-state index in [2.05, 4.69) is 11.4 Å². The molecular formula is C22H21F3N4O2. The second kappa shape index (κ2) is 9.18. The summed E-state index contributed by atoms with van der Waals surface area (Å²) in [6.07, 6.45) is -4.55. The minimum atomic E-state index is -4.55. The molecule has 0 atom stereocenters. The minimum Gasteiger partial charge on any atom is -0.368 e. The third-order valence-electron chi connectivity index (χ3n) is 5.11. The van der Waals surface area contributed by atoms with Crippen LogP contribution in [-0.2, 0) is 11.0 Å². The average Bonchev–Trinajstić information content (AvgIpc) is 2.73. The van der Waals surface area contributed by atoms with Gasteiger partial charge in [-0.25, -0.2) is 0 Å². The molecule has 2 aromatic rings.